The molecule has 2 unspecified atom stereocenters. The fraction of sp³-hybridized carbons (Fsp3) is 0.909. The van der Waals surface area contributed by atoms with Crippen LogP contribution in [0, 0.1) is 46.3 Å². The van der Waals surface area contributed by atoms with Gasteiger partial charge in [0.05, 0.1) is 13.2 Å². The van der Waals surface area contributed by atoms with Crippen LogP contribution in [-0.4, -0.2) is 85.5 Å². The number of esters is 2. The lowest BCUT2D eigenvalue weighted by molar-refractivity contribution is -0.161. The SMILES string of the molecule is CCCCCCCCCCCCCC(=O)OCC(COP(=O)(O)OCCNC(=O)CCSSCCNC(=O)O[C@H]1CC[C@@]2(C)C(=CC[C@H]3[C@@H]4CC[C@H]([C@H](C)CCCC(C)C)[C@@]4(C)CC[C@@H]32)C1)OC(=O)CCCCCCCCCCCCC. The van der Waals surface area contributed by atoms with Gasteiger partial charge in [-0.3, -0.25) is 23.4 Å². The summed E-state index contributed by atoms with van der Waals surface area (Å²) in [5.74, 6) is 4.89. The van der Waals surface area contributed by atoms with E-state index in [2.05, 4.69) is 65.2 Å². The molecule has 3 N–H and O–H groups in total. The Labute approximate surface area is 507 Å². The fourth-order valence-electron chi connectivity index (χ4n) is 14.5. The first-order chi connectivity index (χ1) is 39.5. The number of hydrogen-bond donors (Lipinski definition) is 3. The summed E-state index contributed by atoms with van der Waals surface area (Å²) in [5, 5.41) is 5.64. The number of ether oxygens (including phenoxy) is 3. The molecule has 3 fully saturated rings. The molecule has 0 radical (unpaired) electrons. The second-order valence-corrected chi connectivity index (χ2v) is 30.3. The first-order valence-corrected chi connectivity index (χ1v) is 37.6. The van der Waals surface area contributed by atoms with Crippen LogP contribution in [0.25, 0.3) is 0 Å². The molecule has 0 aromatic carbocycles. The Bertz CT molecular complexity index is 1880. The number of phosphoric ester groups is 1. The zero-order chi connectivity index (χ0) is 59.5. The fourth-order valence-corrected chi connectivity index (χ4v) is 17.2. The minimum absolute atomic E-state index is 0.0121. The molecule has 82 heavy (non-hydrogen) atoms. The minimum Gasteiger partial charge on any atom is -0.462 e. The molecule has 0 aromatic heterocycles. The average Bonchev–Trinajstić information content (AvgIpc) is 2.23. The summed E-state index contributed by atoms with van der Waals surface area (Å²) in [7, 11) is -1.49. The van der Waals surface area contributed by atoms with E-state index in [1.807, 2.05) is 0 Å². The van der Waals surface area contributed by atoms with Gasteiger partial charge in [-0.2, -0.15) is 0 Å². The van der Waals surface area contributed by atoms with E-state index in [-0.39, 0.29) is 62.5 Å². The zero-order valence-corrected chi connectivity index (χ0v) is 55.4. The third kappa shape index (κ3) is 27.9. The summed E-state index contributed by atoms with van der Waals surface area (Å²) >= 11 is 0. The standard InChI is InChI=1S/C66H119N2O11PS2/c1-8-10-12-14-16-18-20-22-24-26-28-33-62(70)75-50-56(78-63(71)34-29-27-25-23-21-19-17-15-13-11-9-2)51-77-80(73,74)76-46-44-67-61(69)41-47-81-82-48-45-68-64(72)79-55-39-42-65(6)54(49-55)35-36-57-59-38-37-58(53(5)32-30-31-52(3)4)66(59,7)43-40-60(57)65/h35,52-53,55-60H,8-34,36-51H2,1-7H3,(H,67,69)(H,68,72)(H,73,74)/t53-,55+,56?,57+,58-,59+,60+,65+,66-/m1/s1. The van der Waals surface area contributed by atoms with Gasteiger partial charge >= 0.3 is 25.9 Å². The highest BCUT2D eigenvalue weighted by Crippen LogP contribution is 2.67. The van der Waals surface area contributed by atoms with Crippen molar-refractivity contribution in [1.82, 2.24) is 10.6 Å². The van der Waals surface area contributed by atoms with E-state index < -0.39 is 32.5 Å². The van der Waals surface area contributed by atoms with Crippen LogP contribution >= 0.6 is 29.4 Å². The number of allylic oxidation sites excluding steroid dienone is 1. The third-order valence-corrected chi connectivity index (χ3v) is 22.7. The molecule has 0 heterocycles. The van der Waals surface area contributed by atoms with Crippen molar-refractivity contribution in [1.29, 1.82) is 0 Å². The van der Waals surface area contributed by atoms with Crippen LogP contribution in [-0.2, 0) is 42.2 Å². The van der Waals surface area contributed by atoms with Gasteiger partial charge in [-0.25, -0.2) is 9.36 Å². The summed E-state index contributed by atoms with van der Waals surface area (Å²) in [6, 6.07) is 0. The van der Waals surface area contributed by atoms with Gasteiger partial charge in [-0.1, -0.05) is 229 Å². The molecule has 3 saturated carbocycles. The molecule has 13 nitrogen and oxygen atoms in total. The predicted molar refractivity (Wildman–Crippen MR) is 339 cm³/mol. The van der Waals surface area contributed by atoms with Crippen LogP contribution in [0.4, 0.5) is 4.79 Å². The number of carbonyl (C=O) groups is 4. The first kappa shape index (κ1) is 72.7. The van der Waals surface area contributed by atoms with Gasteiger partial charge < -0.3 is 29.7 Å². The summed E-state index contributed by atoms with van der Waals surface area (Å²) in [4.78, 5) is 61.4. The lowest BCUT2D eigenvalue weighted by Crippen LogP contribution is -2.51. The van der Waals surface area contributed by atoms with Gasteiger partial charge in [-0.05, 0) is 104 Å². The number of unbranched alkanes of at least 4 members (excludes halogenated alkanes) is 20. The molecule has 0 spiro atoms. The van der Waals surface area contributed by atoms with Crippen LogP contribution in [0.5, 0.6) is 0 Å². The summed E-state index contributed by atoms with van der Waals surface area (Å²) in [5.41, 5.74) is 2.21. The molecule has 10 atom stereocenters. The van der Waals surface area contributed by atoms with Gasteiger partial charge in [0.15, 0.2) is 6.10 Å². The second kappa shape index (κ2) is 41.4. The van der Waals surface area contributed by atoms with E-state index in [1.54, 1.807) is 10.8 Å². The smallest absolute Gasteiger partial charge is 0.462 e. The van der Waals surface area contributed by atoms with Crippen LogP contribution in [0.3, 0.4) is 0 Å². The van der Waals surface area contributed by atoms with E-state index in [4.69, 9.17) is 23.3 Å². The van der Waals surface area contributed by atoms with Crippen LogP contribution in [0.1, 0.15) is 280 Å². The molecule has 4 aliphatic carbocycles. The van der Waals surface area contributed by atoms with Crippen LogP contribution in [0.2, 0.25) is 0 Å². The monoisotopic (exact) mass is 1210 g/mol. The van der Waals surface area contributed by atoms with Gasteiger partial charge in [0.1, 0.15) is 12.7 Å². The van der Waals surface area contributed by atoms with Gasteiger partial charge in [0.25, 0.3) is 0 Å². The van der Waals surface area contributed by atoms with E-state index >= 15 is 0 Å². The molecule has 4 rings (SSSR count). The number of fused-ring (bicyclic) bond motifs is 5. The van der Waals surface area contributed by atoms with Crippen LogP contribution < -0.4 is 10.6 Å². The second-order valence-electron chi connectivity index (χ2n) is 26.2. The first-order valence-electron chi connectivity index (χ1n) is 33.6. The molecular weight excluding hydrogens is 1090 g/mol. The largest absolute Gasteiger partial charge is 0.472 e. The van der Waals surface area contributed by atoms with Crippen molar-refractivity contribution < 1.29 is 51.9 Å². The summed E-state index contributed by atoms with van der Waals surface area (Å²) in [6.07, 6.45) is 40.8. The maximum atomic E-state index is 12.9. The van der Waals surface area contributed by atoms with Crippen LogP contribution in [0.15, 0.2) is 11.6 Å². The Morgan fingerprint density at radius 3 is 1.88 bits per heavy atom. The normalized spacial score (nSPS) is 24.5. The molecular formula is C66H119N2O11PS2. The van der Waals surface area contributed by atoms with Crippen molar-refractivity contribution in [2.45, 2.75) is 292 Å². The Kier molecular flexibility index (Phi) is 36.7. The van der Waals surface area contributed by atoms with Crippen molar-refractivity contribution in [3.05, 3.63) is 11.6 Å². The number of carbonyl (C=O) groups excluding carboxylic acids is 4. The molecule has 4 aliphatic rings. The maximum Gasteiger partial charge on any atom is 0.472 e. The van der Waals surface area contributed by atoms with Crippen molar-refractivity contribution in [3.63, 3.8) is 0 Å². The Morgan fingerprint density at radius 2 is 1.26 bits per heavy atom. The molecule has 0 bridgehead atoms. The maximum absolute atomic E-state index is 12.9. The molecule has 0 aromatic rings. The van der Waals surface area contributed by atoms with Gasteiger partial charge in [-0.15, -0.1) is 0 Å². The number of nitrogens with one attached hydrogen (secondary N) is 2. The van der Waals surface area contributed by atoms with E-state index in [0.717, 1.165) is 93.3 Å². The third-order valence-electron chi connectivity index (χ3n) is 19.3. The molecule has 0 saturated heterocycles. The lowest BCUT2D eigenvalue weighted by atomic mass is 9.47. The zero-order valence-electron chi connectivity index (χ0n) is 52.9. The summed E-state index contributed by atoms with van der Waals surface area (Å²) in [6.45, 7) is 16.3. The lowest BCUT2D eigenvalue weighted by Gasteiger charge is -2.58. The highest BCUT2D eigenvalue weighted by Gasteiger charge is 2.59. The molecule has 16 heteroatoms. The quantitative estimate of drug-likeness (QED) is 0.0131. The topological polar surface area (TPSA) is 176 Å². The Balaban J connectivity index is 1.06. The van der Waals surface area contributed by atoms with Crippen molar-refractivity contribution >= 4 is 53.3 Å². The molecule has 0 aliphatic heterocycles. The Hall–Kier alpha value is -1.77. The number of phosphoric acid groups is 1. The minimum atomic E-state index is -4.60. The molecule has 2 amide bonds. The van der Waals surface area contributed by atoms with Crippen molar-refractivity contribution in [2.75, 3.05) is 44.4 Å². The molecule has 476 valence electrons. The van der Waals surface area contributed by atoms with E-state index in [9.17, 15) is 28.6 Å². The predicted octanol–water partition coefficient (Wildman–Crippen LogP) is 18.0. The number of amides is 2. The van der Waals surface area contributed by atoms with E-state index in [0.29, 0.717) is 36.3 Å². The van der Waals surface area contributed by atoms with Gasteiger partial charge in [0, 0.05) is 50.3 Å². The van der Waals surface area contributed by atoms with Gasteiger partial charge in [0.2, 0.25) is 5.91 Å². The number of hydrogen-bond acceptors (Lipinski definition) is 12. The Morgan fingerprint density at radius 1 is 0.659 bits per heavy atom. The van der Waals surface area contributed by atoms with E-state index in [1.165, 1.54) is 158 Å². The van der Waals surface area contributed by atoms with Crippen molar-refractivity contribution in [3.8, 4) is 0 Å². The number of alkyl carbamates (subject to hydrolysis) is 1. The highest BCUT2D eigenvalue weighted by atomic mass is 33.1. The average molecular weight is 1210 g/mol. The highest BCUT2D eigenvalue weighted by molar-refractivity contribution is 8.76. The number of rotatable bonds is 47. The summed E-state index contributed by atoms with van der Waals surface area (Å²) < 4.78 is 40.2. The van der Waals surface area contributed by atoms with Crippen molar-refractivity contribution in [2.24, 2.45) is 46.3 Å².